The van der Waals surface area contributed by atoms with E-state index in [2.05, 4.69) is 24.1 Å². The van der Waals surface area contributed by atoms with E-state index in [4.69, 9.17) is 4.74 Å². The molecule has 0 aliphatic carbocycles. The molecule has 19 heavy (non-hydrogen) atoms. The first-order valence-corrected chi connectivity index (χ1v) is 7.08. The van der Waals surface area contributed by atoms with Gasteiger partial charge in [-0.1, -0.05) is 13.8 Å². The number of nitrogens with one attached hydrogen (secondary N) is 1. The van der Waals surface area contributed by atoms with Crippen molar-refractivity contribution in [1.29, 1.82) is 0 Å². The summed E-state index contributed by atoms with van der Waals surface area (Å²) in [7, 11) is 1.70. The fraction of sp³-hybridized carbons (Fsp3) is 0.929. The van der Waals surface area contributed by atoms with Crippen LogP contribution in [0.5, 0.6) is 0 Å². The number of carbonyl (C=O) groups excluding carboxylic acids is 1. The van der Waals surface area contributed by atoms with E-state index in [1.807, 2.05) is 0 Å². The second-order valence-corrected chi connectivity index (χ2v) is 6.13. The maximum absolute atomic E-state index is 12.8. The predicted octanol–water partition coefficient (Wildman–Crippen LogP) is 1.54. The number of carbonyl (C=O) groups is 1. The van der Waals surface area contributed by atoms with Crippen molar-refractivity contribution in [3.63, 3.8) is 0 Å². The molecule has 0 aromatic rings. The molecule has 2 aliphatic heterocycles. The molecule has 0 spiro atoms. The van der Waals surface area contributed by atoms with Crippen LogP contribution in [0.1, 0.15) is 26.7 Å². The zero-order valence-corrected chi connectivity index (χ0v) is 13.1. The fourth-order valence-electron chi connectivity index (χ4n) is 3.23. The summed E-state index contributed by atoms with van der Waals surface area (Å²) in [6.07, 6.45) is 1.80. The van der Waals surface area contributed by atoms with Crippen LogP contribution in [-0.4, -0.2) is 50.7 Å². The van der Waals surface area contributed by atoms with Crippen LogP contribution >= 0.6 is 12.4 Å². The molecule has 2 saturated heterocycles. The number of halogens is 1. The molecular weight excluding hydrogens is 264 g/mol. The van der Waals surface area contributed by atoms with Gasteiger partial charge < -0.3 is 15.0 Å². The molecule has 1 N–H and O–H groups in total. The SMILES string of the molecule is COCC1(C(=O)N2CC(C)C(C)C2)CCNCC1.Cl. The van der Waals surface area contributed by atoms with Crippen molar-refractivity contribution in [2.45, 2.75) is 26.7 Å². The Kier molecular flexibility index (Phi) is 6.09. The van der Waals surface area contributed by atoms with Crippen LogP contribution in [0.4, 0.5) is 0 Å². The summed E-state index contributed by atoms with van der Waals surface area (Å²) in [5, 5.41) is 3.33. The van der Waals surface area contributed by atoms with E-state index >= 15 is 0 Å². The predicted molar refractivity (Wildman–Crippen MR) is 78.6 cm³/mol. The third-order valence-electron chi connectivity index (χ3n) is 4.71. The van der Waals surface area contributed by atoms with Gasteiger partial charge in [0.25, 0.3) is 0 Å². The summed E-state index contributed by atoms with van der Waals surface area (Å²) < 4.78 is 5.34. The number of nitrogens with zero attached hydrogens (tertiary/aromatic N) is 1. The minimum absolute atomic E-state index is 0. The fourth-order valence-corrected chi connectivity index (χ4v) is 3.23. The first kappa shape index (κ1) is 16.7. The zero-order chi connectivity index (χ0) is 13.2. The highest BCUT2D eigenvalue weighted by Gasteiger charge is 2.44. The topological polar surface area (TPSA) is 41.6 Å². The number of hydrogen-bond donors (Lipinski definition) is 1. The minimum atomic E-state index is -0.274. The van der Waals surface area contributed by atoms with E-state index in [1.165, 1.54) is 0 Å². The Morgan fingerprint density at radius 2 is 1.79 bits per heavy atom. The molecule has 2 rings (SSSR count). The van der Waals surface area contributed by atoms with E-state index in [1.54, 1.807) is 7.11 Å². The van der Waals surface area contributed by atoms with E-state index in [0.717, 1.165) is 39.0 Å². The lowest BCUT2D eigenvalue weighted by atomic mass is 9.78. The number of amides is 1. The average Bonchev–Trinajstić information content (AvgIpc) is 2.70. The summed E-state index contributed by atoms with van der Waals surface area (Å²) in [6, 6.07) is 0. The number of methoxy groups -OCH3 is 1. The number of likely N-dealkylation sites (tertiary alicyclic amines) is 1. The lowest BCUT2D eigenvalue weighted by Crippen LogP contribution is -2.51. The van der Waals surface area contributed by atoms with Crippen LogP contribution < -0.4 is 5.32 Å². The molecule has 0 aromatic carbocycles. The van der Waals surface area contributed by atoms with Crippen molar-refractivity contribution >= 4 is 18.3 Å². The number of ether oxygens (including phenoxy) is 1. The summed E-state index contributed by atoms with van der Waals surface area (Å²) in [5.41, 5.74) is -0.274. The van der Waals surface area contributed by atoms with Crippen LogP contribution in [0, 0.1) is 17.3 Å². The van der Waals surface area contributed by atoms with Crippen molar-refractivity contribution < 1.29 is 9.53 Å². The molecule has 0 aromatic heterocycles. The Morgan fingerprint density at radius 3 is 2.26 bits per heavy atom. The lowest BCUT2D eigenvalue weighted by molar-refractivity contribution is -0.146. The van der Waals surface area contributed by atoms with Gasteiger partial charge in [-0.25, -0.2) is 0 Å². The molecule has 2 fully saturated rings. The molecule has 1 amide bonds. The molecule has 112 valence electrons. The van der Waals surface area contributed by atoms with Crippen molar-refractivity contribution in [3.05, 3.63) is 0 Å². The van der Waals surface area contributed by atoms with Gasteiger partial charge in [-0.15, -0.1) is 12.4 Å². The monoisotopic (exact) mass is 290 g/mol. The highest BCUT2D eigenvalue weighted by molar-refractivity contribution is 5.85. The Hall–Kier alpha value is -0.320. The molecule has 5 heteroatoms. The van der Waals surface area contributed by atoms with Gasteiger partial charge in [-0.05, 0) is 37.8 Å². The van der Waals surface area contributed by atoms with Gasteiger partial charge in [0.2, 0.25) is 5.91 Å². The normalized spacial score (nSPS) is 29.9. The Morgan fingerprint density at radius 1 is 1.26 bits per heavy atom. The van der Waals surface area contributed by atoms with Crippen molar-refractivity contribution in [3.8, 4) is 0 Å². The molecule has 0 radical (unpaired) electrons. The Labute approximate surface area is 122 Å². The molecule has 2 atom stereocenters. The summed E-state index contributed by atoms with van der Waals surface area (Å²) in [6.45, 7) is 8.72. The van der Waals surface area contributed by atoms with E-state index in [0.29, 0.717) is 24.3 Å². The quantitative estimate of drug-likeness (QED) is 0.857. The van der Waals surface area contributed by atoms with Gasteiger partial charge in [0.15, 0.2) is 0 Å². The van der Waals surface area contributed by atoms with Gasteiger partial charge in [0.1, 0.15) is 0 Å². The van der Waals surface area contributed by atoms with Gasteiger partial charge in [0.05, 0.1) is 12.0 Å². The van der Waals surface area contributed by atoms with E-state index < -0.39 is 0 Å². The van der Waals surface area contributed by atoms with Gasteiger partial charge >= 0.3 is 0 Å². The molecule has 0 saturated carbocycles. The van der Waals surface area contributed by atoms with Crippen molar-refractivity contribution in [2.75, 3.05) is 39.9 Å². The van der Waals surface area contributed by atoms with Gasteiger partial charge in [-0.2, -0.15) is 0 Å². The Balaban J connectivity index is 0.00000180. The first-order valence-electron chi connectivity index (χ1n) is 7.08. The van der Waals surface area contributed by atoms with E-state index in [-0.39, 0.29) is 17.8 Å². The zero-order valence-electron chi connectivity index (χ0n) is 12.3. The number of piperidine rings is 1. The summed E-state index contributed by atoms with van der Waals surface area (Å²) >= 11 is 0. The third-order valence-corrected chi connectivity index (χ3v) is 4.71. The highest BCUT2D eigenvalue weighted by Crippen LogP contribution is 2.34. The third kappa shape index (κ3) is 3.41. The standard InChI is InChI=1S/C14H26N2O2.ClH/c1-11-8-16(9-12(11)2)13(17)14(10-18-3)4-6-15-7-5-14;/h11-12,15H,4-10H2,1-3H3;1H. The average molecular weight is 291 g/mol. The largest absolute Gasteiger partial charge is 0.384 e. The number of hydrogen-bond acceptors (Lipinski definition) is 3. The molecular formula is C14H27ClN2O2. The maximum Gasteiger partial charge on any atom is 0.231 e. The van der Waals surface area contributed by atoms with Gasteiger partial charge in [-0.3, -0.25) is 4.79 Å². The van der Waals surface area contributed by atoms with Crippen LogP contribution in [0.2, 0.25) is 0 Å². The van der Waals surface area contributed by atoms with Crippen LogP contribution in [-0.2, 0) is 9.53 Å². The van der Waals surface area contributed by atoms with Crippen LogP contribution in [0.25, 0.3) is 0 Å². The maximum atomic E-state index is 12.8. The van der Waals surface area contributed by atoms with Crippen LogP contribution in [0.3, 0.4) is 0 Å². The molecule has 0 bridgehead atoms. The smallest absolute Gasteiger partial charge is 0.231 e. The van der Waals surface area contributed by atoms with Crippen LogP contribution in [0.15, 0.2) is 0 Å². The van der Waals surface area contributed by atoms with Crippen molar-refractivity contribution in [1.82, 2.24) is 10.2 Å². The molecule has 4 nitrogen and oxygen atoms in total. The molecule has 2 heterocycles. The van der Waals surface area contributed by atoms with E-state index in [9.17, 15) is 4.79 Å². The Bertz CT molecular complexity index is 290. The summed E-state index contributed by atoms with van der Waals surface area (Å²) in [4.78, 5) is 14.9. The molecule has 2 aliphatic rings. The van der Waals surface area contributed by atoms with Crippen molar-refractivity contribution in [2.24, 2.45) is 17.3 Å². The minimum Gasteiger partial charge on any atom is -0.384 e. The number of rotatable bonds is 3. The highest BCUT2D eigenvalue weighted by atomic mass is 35.5. The molecule has 2 unspecified atom stereocenters. The summed E-state index contributed by atoms with van der Waals surface area (Å²) in [5.74, 6) is 1.56. The van der Waals surface area contributed by atoms with Gasteiger partial charge in [0, 0.05) is 20.2 Å². The lowest BCUT2D eigenvalue weighted by Gasteiger charge is -2.38. The first-order chi connectivity index (χ1) is 8.59. The second kappa shape index (κ2) is 6.91. The second-order valence-electron chi connectivity index (χ2n) is 6.13.